The average molecular weight is 467 g/mol. The summed E-state index contributed by atoms with van der Waals surface area (Å²) in [5, 5.41) is 6.95. The highest BCUT2D eigenvalue weighted by Gasteiger charge is 2.32. The second-order valence-corrected chi connectivity index (χ2v) is 7.10. The van der Waals surface area contributed by atoms with Crippen molar-refractivity contribution < 1.29 is 22.6 Å². The van der Waals surface area contributed by atoms with E-state index in [1.807, 2.05) is 32.0 Å². The average Bonchev–Trinajstić information content (AvgIpc) is 3.09. The summed E-state index contributed by atoms with van der Waals surface area (Å²) in [6.07, 6.45) is -3.88. The van der Waals surface area contributed by atoms with E-state index in [4.69, 9.17) is 4.74 Å². The zero-order chi connectivity index (χ0) is 20.1. The lowest BCUT2D eigenvalue weighted by atomic mass is 10.0. The molecular formula is C21H27Cl2F3N2O2. The highest BCUT2D eigenvalue weighted by atomic mass is 35.5. The van der Waals surface area contributed by atoms with Crippen LogP contribution in [0.1, 0.15) is 37.4 Å². The van der Waals surface area contributed by atoms with Gasteiger partial charge in [0.25, 0.3) is 0 Å². The molecule has 2 aromatic carbocycles. The lowest BCUT2D eigenvalue weighted by molar-refractivity contribution is -0.274. The van der Waals surface area contributed by atoms with Crippen LogP contribution in [0, 0.1) is 0 Å². The molecule has 0 unspecified atom stereocenters. The lowest BCUT2D eigenvalue weighted by Crippen LogP contribution is -2.34. The van der Waals surface area contributed by atoms with Crippen molar-refractivity contribution in [3.05, 3.63) is 59.7 Å². The van der Waals surface area contributed by atoms with E-state index < -0.39 is 6.36 Å². The van der Waals surface area contributed by atoms with Crippen LogP contribution < -0.4 is 20.1 Å². The van der Waals surface area contributed by atoms with E-state index in [9.17, 15) is 13.2 Å². The number of alkyl halides is 3. The standard InChI is InChI=1S/C21H25F3N2O2.2ClH/c1-14(2)27-19-9-8-17(28-21(22,23)24)12-16(19)13-26-18-10-11-25-20(18)15-6-4-3-5-7-15;;/h3-9,12,14,18,20,25-26H,10-11,13H2,1-2H3;2*1H/t18-,20-;;/m0../s1. The number of nitrogens with one attached hydrogen (secondary N) is 2. The molecule has 0 aliphatic carbocycles. The monoisotopic (exact) mass is 466 g/mol. The predicted molar refractivity (Wildman–Crippen MR) is 116 cm³/mol. The predicted octanol–water partition coefficient (Wildman–Crippen LogP) is 5.41. The molecule has 1 fully saturated rings. The Bertz CT molecular complexity index is 777. The van der Waals surface area contributed by atoms with Gasteiger partial charge in [-0.15, -0.1) is 38.0 Å². The normalized spacial score (nSPS) is 18.5. The Morgan fingerprint density at radius 2 is 1.80 bits per heavy atom. The second-order valence-electron chi connectivity index (χ2n) is 7.10. The number of ether oxygens (including phenoxy) is 2. The fraction of sp³-hybridized carbons (Fsp3) is 0.429. The van der Waals surface area contributed by atoms with E-state index in [1.165, 1.54) is 23.8 Å². The van der Waals surface area contributed by atoms with E-state index in [0.717, 1.165) is 13.0 Å². The largest absolute Gasteiger partial charge is 0.573 e. The van der Waals surface area contributed by atoms with Crippen molar-refractivity contribution in [3.63, 3.8) is 0 Å². The third-order valence-corrected chi connectivity index (χ3v) is 4.56. The van der Waals surface area contributed by atoms with Crippen molar-refractivity contribution in [2.75, 3.05) is 6.54 Å². The highest BCUT2D eigenvalue weighted by Crippen LogP contribution is 2.30. The van der Waals surface area contributed by atoms with Crippen LogP contribution in [0.2, 0.25) is 0 Å². The van der Waals surface area contributed by atoms with E-state index in [-0.39, 0.29) is 48.8 Å². The Morgan fingerprint density at radius 1 is 1.10 bits per heavy atom. The maximum atomic E-state index is 12.6. The summed E-state index contributed by atoms with van der Waals surface area (Å²) in [5.41, 5.74) is 1.82. The minimum Gasteiger partial charge on any atom is -0.491 e. The van der Waals surface area contributed by atoms with Crippen LogP contribution in [0.15, 0.2) is 48.5 Å². The molecule has 4 nitrogen and oxygen atoms in total. The molecule has 1 heterocycles. The SMILES string of the molecule is CC(C)Oc1ccc(OC(F)(F)F)cc1CN[C@H]1CCN[C@H]1c1ccccc1.Cl.Cl. The molecule has 2 aromatic rings. The Balaban J connectivity index is 0.00000225. The van der Waals surface area contributed by atoms with Crippen LogP contribution in [0.4, 0.5) is 13.2 Å². The molecule has 0 amide bonds. The van der Waals surface area contributed by atoms with Crippen LogP contribution in [-0.2, 0) is 6.54 Å². The number of hydrogen-bond acceptors (Lipinski definition) is 4. The van der Waals surface area contributed by atoms with Gasteiger partial charge in [-0.2, -0.15) is 0 Å². The van der Waals surface area contributed by atoms with Crippen molar-refractivity contribution in [1.82, 2.24) is 10.6 Å². The highest BCUT2D eigenvalue weighted by molar-refractivity contribution is 5.85. The van der Waals surface area contributed by atoms with E-state index in [0.29, 0.717) is 17.9 Å². The van der Waals surface area contributed by atoms with Crippen molar-refractivity contribution in [3.8, 4) is 11.5 Å². The van der Waals surface area contributed by atoms with Crippen LogP contribution in [0.5, 0.6) is 11.5 Å². The molecule has 2 N–H and O–H groups in total. The third kappa shape index (κ3) is 7.54. The summed E-state index contributed by atoms with van der Waals surface area (Å²) in [7, 11) is 0. The molecule has 1 aliphatic rings. The van der Waals surface area contributed by atoms with Gasteiger partial charge < -0.3 is 20.1 Å². The molecule has 0 spiro atoms. The summed E-state index contributed by atoms with van der Waals surface area (Å²) in [4.78, 5) is 0. The van der Waals surface area contributed by atoms with Crippen LogP contribution >= 0.6 is 24.8 Å². The minimum absolute atomic E-state index is 0. The van der Waals surface area contributed by atoms with Gasteiger partial charge in [-0.05, 0) is 50.6 Å². The number of rotatable bonds is 7. The van der Waals surface area contributed by atoms with Gasteiger partial charge in [0.15, 0.2) is 0 Å². The van der Waals surface area contributed by atoms with Gasteiger partial charge in [-0.1, -0.05) is 30.3 Å². The summed E-state index contributed by atoms with van der Waals surface area (Å²) in [6, 6.07) is 14.6. The Kier molecular flexibility index (Phi) is 10.2. The summed E-state index contributed by atoms with van der Waals surface area (Å²) < 4.78 is 47.6. The molecule has 1 aliphatic heterocycles. The van der Waals surface area contributed by atoms with Crippen molar-refractivity contribution in [1.29, 1.82) is 0 Å². The molecule has 0 bridgehead atoms. The summed E-state index contributed by atoms with van der Waals surface area (Å²) >= 11 is 0. The van der Waals surface area contributed by atoms with E-state index in [2.05, 4.69) is 27.5 Å². The van der Waals surface area contributed by atoms with Gasteiger partial charge in [0, 0.05) is 24.2 Å². The molecule has 0 saturated carbocycles. The molecule has 2 atom stereocenters. The lowest BCUT2D eigenvalue weighted by Gasteiger charge is -2.23. The van der Waals surface area contributed by atoms with Crippen LogP contribution in [0.3, 0.4) is 0 Å². The molecular weight excluding hydrogens is 440 g/mol. The molecule has 30 heavy (non-hydrogen) atoms. The molecule has 9 heteroatoms. The van der Waals surface area contributed by atoms with Gasteiger partial charge in [0.05, 0.1) is 6.10 Å². The molecule has 3 rings (SSSR count). The van der Waals surface area contributed by atoms with Crippen molar-refractivity contribution in [2.24, 2.45) is 0 Å². The first-order chi connectivity index (χ1) is 13.3. The van der Waals surface area contributed by atoms with E-state index in [1.54, 1.807) is 0 Å². The van der Waals surface area contributed by atoms with E-state index >= 15 is 0 Å². The first-order valence-electron chi connectivity index (χ1n) is 9.39. The molecule has 0 aromatic heterocycles. The number of benzene rings is 2. The van der Waals surface area contributed by atoms with Gasteiger partial charge >= 0.3 is 6.36 Å². The fourth-order valence-corrected chi connectivity index (χ4v) is 3.43. The smallest absolute Gasteiger partial charge is 0.491 e. The first-order valence-corrected chi connectivity index (χ1v) is 9.39. The van der Waals surface area contributed by atoms with Gasteiger partial charge in [-0.25, -0.2) is 0 Å². The summed E-state index contributed by atoms with van der Waals surface area (Å²) in [5.74, 6) is 0.309. The maximum absolute atomic E-state index is 12.6. The van der Waals surface area contributed by atoms with Gasteiger partial charge in [0.1, 0.15) is 11.5 Å². The number of halogens is 5. The first kappa shape index (κ1) is 26.4. The summed E-state index contributed by atoms with van der Waals surface area (Å²) in [6.45, 7) is 5.02. The van der Waals surface area contributed by atoms with Crippen LogP contribution in [0.25, 0.3) is 0 Å². The molecule has 1 saturated heterocycles. The quantitative estimate of drug-likeness (QED) is 0.572. The Labute approximate surface area is 187 Å². The van der Waals surface area contributed by atoms with Crippen molar-refractivity contribution >= 4 is 24.8 Å². The van der Waals surface area contributed by atoms with Crippen molar-refractivity contribution in [2.45, 2.75) is 51.4 Å². The topological polar surface area (TPSA) is 42.5 Å². The zero-order valence-electron chi connectivity index (χ0n) is 16.7. The van der Waals surface area contributed by atoms with Crippen LogP contribution in [-0.4, -0.2) is 25.1 Å². The maximum Gasteiger partial charge on any atom is 0.573 e. The van der Waals surface area contributed by atoms with Gasteiger partial charge in [-0.3, -0.25) is 0 Å². The minimum atomic E-state index is -4.72. The second kappa shape index (κ2) is 11.6. The third-order valence-electron chi connectivity index (χ3n) is 4.56. The zero-order valence-corrected chi connectivity index (χ0v) is 18.4. The van der Waals surface area contributed by atoms with Gasteiger partial charge in [0.2, 0.25) is 0 Å². The molecule has 0 radical (unpaired) electrons. The Morgan fingerprint density at radius 3 is 2.43 bits per heavy atom. The number of hydrogen-bond donors (Lipinski definition) is 2. The Hall–Kier alpha value is -1.67. The molecule has 168 valence electrons. The fourth-order valence-electron chi connectivity index (χ4n) is 3.43.